The van der Waals surface area contributed by atoms with E-state index >= 15 is 0 Å². The zero-order valence-electron chi connectivity index (χ0n) is 17.0. The number of nitrogens with zero attached hydrogens (tertiary/aromatic N) is 1. The molecule has 3 atom stereocenters. The lowest BCUT2D eigenvalue weighted by Gasteiger charge is -2.14. The average Bonchev–Trinajstić information content (AvgIpc) is 3.27. The van der Waals surface area contributed by atoms with Crippen LogP contribution in [0.2, 0.25) is 0 Å². The molecule has 0 radical (unpaired) electrons. The van der Waals surface area contributed by atoms with Crippen molar-refractivity contribution in [3.8, 4) is 17.6 Å². The highest BCUT2D eigenvalue weighted by Crippen LogP contribution is 2.60. The summed E-state index contributed by atoms with van der Waals surface area (Å²) in [7, 11) is 0. The maximum atomic E-state index is 14.2. The van der Waals surface area contributed by atoms with Crippen molar-refractivity contribution in [2.45, 2.75) is 26.1 Å². The van der Waals surface area contributed by atoms with E-state index in [4.69, 9.17) is 21.1 Å². The number of carbonyl (C=O) groups is 1. The molecule has 1 fully saturated rings. The number of alkyl halides is 3. The van der Waals surface area contributed by atoms with Gasteiger partial charge in [0, 0.05) is 5.56 Å². The molecule has 0 N–H and O–H groups in total. The third-order valence-electron chi connectivity index (χ3n) is 5.34. The zero-order valence-corrected chi connectivity index (χ0v) is 17.7. The number of hydrogen-bond acceptors (Lipinski definition) is 4. The predicted molar refractivity (Wildman–Crippen MR) is 108 cm³/mol. The molecule has 0 aliphatic heterocycles. The smallest absolute Gasteiger partial charge is 0.426 e. The number of carbonyl (C=O) groups excluding carboxylic acids is 1. The minimum absolute atomic E-state index is 0.159. The van der Waals surface area contributed by atoms with Crippen LogP contribution in [0.3, 0.4) is 0 Å². The number of hydrogen-bond donors (Lipinski definition) is 0. The molecule has 3 unspecified atom stereocenters. The minimum atomic E-state index is -4.72. The Balaban J connectivity index is 1.76. The van der Waals surface area contributed by atoms with E-state index in [1.807, 2.05) is 6.07 Å². The first-order valence-electron chi connectivity index (χ1n) is 9.52. The Hall–Kier alpha value is -3.05. The molecule has 1 aliphatic carbocycles. The Morgan fingerprint density at radius 1 is 1.22 bits per heavy atom. The van der Waals surface area contributed by atoms with E-state index < -0.39 is 46.3 Å². The van der Waals surface area contributed by atoms with E-state index in [1.165, 1.54) is 12.1 Å². The Morgan fingerprint density at radius 3 is 2.47 bits per heavy atom. The van der Waals surface area contributed by atoms with Crippen molar-refractivity contribution < 1.29 is 31.8 Å². The molecule has 1 saturated carbocycles. The fourth-order valence-electron chi connectivity index (χ4n) is 3.43. The van der Waals surface area contributed by atoms with Crippen LogP contribution in [-0.2, 0) is 9.53 Å². The second-order valence-corrected chi connectivity index (χ2v) is 8.30. The van der Waals surface area contributed by atoms with Gasteiger partial charge in [-0.1, -0.05) is 55.8 Å². The molecule has 32 heavy (non-hydrogen) atoms. The summed E-state index contributed by atoms with van der Waals surface area (Å²) in [6.45, 7) is 3.21. The second-order valence-electron chi connectivity index (χ2n) is 7.89. The van der Waals surface area contributed by atoms with Crippen molar-refractivity contribution >= 4 is 17.6 Å². The summed E-state index contributed by atoms with van der Waals surface area (Å²) in [5.41, 5.74) is -0.667. The van der Waals surface area contributed by atoms with E-state index in [-0.39, 0.29) is 11.3 Å². The largest absolute Gasteiger partial charge is 0.454 e. The second kappa shape index (κ2) is 8.83. The van der Waals surface area contributed by atoms with Crippen LogP contribution in [0.25, 0.3) is 0 Å². The van der Waals surface area contributed by atoms with Gasteiger partial charge < -0.3 is 9.47 Å². The molecule has 9 heteroatoms. The maximum absolute atomic E-state index is 14.2. The lowest BCUT2D eigenvalue weighted by molar-refractivity contribution is -0.149. The predicted octanol–water partition coefficient (Wildman–Crippen LogP) is 6.68. The molecular formula is C23H18ClF4NO3. The van der Waals surface area contributed by atoms with Gasteiger partial charge in [0.2, 0.25) is 6.10 Å². The standard InChI is InChI=1S/C23H18ClF4NO3/c1-22(2)15(11-19(24)23(26,27)28)20(22)21(30)32-18(12-29)13-8-9-16(25)17(10-13)31-14-6-4-3-5-7-14/h3-11,15,18,20H,1-2H3/b19-11-. The van der Waals surface area contributed by atoms with Crippen molar-refractivity contribution in [2.75, 3.05) is 0 Å². The van der Waals surface area contributed by atoms with Crippen molar-refractivity contribution in [2.24, 2.45) is 17.3 Å². The van der Waals surface area contributed by atoms with Crippen molar-refractivity contribution in [3.05, 3.63) is 71.0 Å². The summed E-state index contributed by atoms with van der Waals surface area (Å²) in [5.74, 6) is -3.04. The molecule has 168 valence electrons. The molecule has 0 saturated heterocycles. The van der Waals surface area contributed by atoms with Gasteiger partial charge in [-0.05, 0) is 35.6 Å². The molecule has 0 bridgehead atoms. The molecule has 1 aliphatic rings. The molecule has 0 spiro atoms. The number of esters is 1. The van der Waals surface area contributed by atoms with E-state index in [2.05, 4.69) is 0 Å². The van der Waals surface area contributed by atoms with Gasteiger partial charge in [0.1, 0.15) is 16.9 Å². The van der Waals surface area contributed by atoms with Crippen molar-refractivity contribution in [1.29, 1.82) is 5.26 Å². The van der Waals surface area contributed by atoms with E-state index in [0.29, 0.717) is 5.75 Å². The number of ether oxygens (including phenoxy) is 2. The quantitative estimate of drug-likeness (QED) is 0.351. The third-order valence-corrected chi connectivity index (χ3v) is 5.68. The minimum Gasteiger partial charge on any atom is -0.454 e. The zero-order chi connectivity index (χ0) is 23.7. The van der Waals surface area contributed by atoms with Gasteiger partial charge in [0.05, 0.1) is 5.92 Å². The van der Waals surface area contributed by atoms with E-state index in [0.717, 1.165) is 12.1 Å². The van der Waals surface area contributed by atoms with Gasteiger partial charge in [-0.25, -0.2) is 4.39 Å². The maximum Gasteiger partial charge on any atom is 0.426 e. The van der Waals surface area contributed by atoms with Gasteiger partial charge in [-0.3, -0.25) is 4.79 Å². The SMILES string of the molecule is CC1(C)C(/C=C(\Cl)C(F)(F)F)C1C(=O)OC(C#N)c1ccc(F)c(Oc2ccccc2)c1. The summed E-state index contributed by atoms with van der Waals surface area (Å²) in [5, 5.41) is 8.17. The van der Waals surface area contributed by atoms with Gasteiger partial charge in [0.25, 0.3) is 0 Å². The number of allylic oxidation sites excluding steroid dienone is 2. The van der Waals surface area contributed by atoms with Gasteiger partial charge in [-0.15, -0.1) is 0 Å². The first-order valence-corrected chi connectivity index (χ1v) is 9.90. The highest BCUT2D eigenvalue weighted by Gasteiger charge is 2.62. The van der Waals surface area contributed by atoms with Crippen LogP contribution in [0.1, 0.15) is 25.5 Å². The average molecular weight is 468 g/mol. The highest BCUT2D eigenvalue weighted by atomic mass is 35.5. The molecule has 3 rings (SSSR count). The first-order chi connectivity index (χ1) is 14.9. The number of halogens is 5. The number of para-hydroxylation sites is 1. The molecule has 2 aromatic carbocycles. The van der Waals surface area contributed by atoms with Crippen molar-refractivity contribution in [3.63, 3.8) is 0 Å². The lowest BCUT2D eigenvalue weighted by atomic mass is 10.1. The van der Waals surface area contributed by atoms with Crippen molar-refractivity contribution in [1.82, 2.24) is 0 Å². The fraction of sp³-hybridized carbons (Fsp3) is 0.304. The third kappa shape index (κ3) is 5.05. The van der Waals surface area contributed by atoms with Crippen LogP contribution < -0.4 is 4.74 Å². The highest BCUT2D eigenvalue weighted by molar-refractivity contribution is 6.30. The topological polar surface area (TPSA) is 59.3 Å². The number of nitriles is 1. The van der Waals surface area contributed by atoms with Crippen LogP contribution in [0.4, 0.5) is 17.6 Å². The molecule has 0 heterocycles. The van der Waals surface area contributed by atoms with Crippen LogP contribution in [0, 0.1) is 34.4 Å². The molecule has 0 amide bonds. The van der Waals surface area contributed by atoms with Crippen LogP contribution >= 0.6 is 11.6 Å². The lowest BCUT2D eigenvalue weighted by Crippen LogP contribution is -2.15. The Bertz CT molecular complexity index is 1080. The van der Waals surface area contributed by atoms with Gasteiger partial charge >= 0.3 is 12.1 Å². The molecule has 4 nitrogen and oxygen atoms in total. The summed E-state index contributed by atoms with van der Waals surface area (Å²) in [6, 6.07) is 13.8. The van der Waals surface area contributed by atoms with E-state index in [1.54, 1.807) is 44.2 Å². The summed E-state index contributed by atoms with van der Waals surface area (Å²) >= 11 is 5.30. The van der Waals surface area contributed by atoms with Gasteiger partial charge in [-0.2, -0.15) is 18.4 Å². The Kier molecular flexibility index (Phi) is 6.51. The monoisotopic (exact) mass is 467 g/mol. The van der Waals surface area contributed by atoms with Crippen LogP contribution in [0.5, 0.6) is 11.5 Å². The van der Waals surface area contributed by atoms with E-state index in [9.17, 15) is 27.6 Å². The van der Waals surface area contributed by atoms with Gasteiger partial charge in [0.15, 0.2) is 11.6 Å². The summed E-state index contributed by atoms with van der Waals surface area (Å²) in [4.78, 5) is 12.6. The molecule has 0 aromatic heterocycles. The molecule has 2 aromatic rings. The Labute approximate surface area is 187 Å². The number of rotatable bonds is 6. The number of benzene rings is 2. The normalized spacial score (nSPS) is 20.8. The van der Waals surface area contributed by atoms with Crippen LogP contribution in [-0.4, -0.2) is 12.1 Å². The molecular weight excluding hydrogens is 450 g/mol. The summed E-state index contributed by atoms with van der Waals surface area (Å²) < 4.78 is 63.1. The Morgan fingerprint density at radius 2 is 1.88 bits per heavy atom. The summed E-state index contributed by atoms with van der Waals surface area (Å²) in [6.07, 6.45) is -5.33. The first kappa shape index (κ1) is 23.6. The fourth-order valence-corrected chi connectivity index (χ4v) is 3.56. The van der Waals surface area contributed by atoms with Crippen LogP contribution in [0.15, 0.2) is 59.6 Å².